The summed E-state index contributed by atoms with van der Waals surface area (Å²) in [6.07, 6.45) is 0. The van der Waals surface area contributed by atoms with Crippen LogP contribution in [0.15, 0.2) is 83.3 Å². The predicted molar refractivity (Wildman–Crippen MR) is 101 cm³/mol. The molecule has 120 valence electrons. The van der Waals surface area contributed by atoms with Crippen molar-refractivity contribution in [3.8, 4) is 0 Å². The summed E-state index contributed by atoms with van der Waals surface area (Å²) in [6.45, 7) is 0. The predicted octanol–water partition coefficient (Wildman–Crippen LogP) is 5.62. The minimum Gasteiger partial charge on any atom is -0.341 e. The maximum Gasteiger partial charge on any atom is 0.253 e. The van der Waals surface area contributed by atoms with Gasteiger partial charge >= 0.3 is 0 Å². The van der Waals surface area contributed by atoms with Crippen molar-refractivity contribution in [2.24, 2.45) is 0 Å². The number of carbonyl (C=O) groups excluding carboxylic acids is 1. The molecule has 0 aliphatic rings. The molecule has 0 fully saturated rings. The first kappa shape index (κ1) is 16.7. The second-order valence-electron chi connectivity index (χ2n) is 5.32. The molecule has 2 nitrogen and oxygen atoms in total. The summed E-state index contributed by atoms with van der Waals surface area (Å²) < 4.78 is 0.943. The molecule has 0 radical (unpaired) electrons. The maximum atomic E-state index is 12.7. The smallest absolute Gasteiger partial charge is 0.253 e. The summed E-state index contributed by atoms with van der Waals surface area (Å²) in [5.41, 5.74) is 2.46. The molecular weight excluding hydrogens is 386 g/mol. The van der Waals surface area contributed by atoms with Crippen molar-refractivity contribution < 1.29 is 4.79 Å². The molecule has 0 spiro atoms. The molecule has 0 heterocycles. The summed E-state index contributed by atoms with van der Waals surface area (Å²) in [4.78, 5) is 12.7. The van der Waals surface area contributed by atoms with Gasteiger partial charge in [-0.2, -0.15) is 0 Å². The van der Waals surface area contributed by atoms with Crippen LogP contribution >= 0.6 is 27.5 Å². The fourth-order valence-corrected chi connectivity index (χ4v) is 3.28. The van der Waals surface area contributed by atoms with E-state index in [1.165, 1.54) is 0 Å². The lowest BCUT2D eigenvalue weighted by Gasteiger charge is -2.21. The molecule has 0 unspecified atom stereocenters. The average Bonchev–Trinajstić information content (AvgIpc) is 2.61. The number of amides is 1. The van der Waals surface area contributed by atoms with Crippen molar-refractivity contribution in [3.05, 3.63) is 105 Å². The van der Waals surface area contributed by atoms with Gasteiger partial charge in [0, 0.05) is 4.47 Å². The highest BCUT2D eigenvalue weighted by atomic mass is 79.9. The topological polar surface area (TPSA) is 29.1 Å². The summed E-state index contributed by atoms with van der Waals surface area (Å²) >= 11 is 9.73. The molecule has 0 bridgehead atoms. The zero-order chi connectivity index (χ0) is 16.9. The number of benzene rings is 3. The fraction of sp³-hybridized carbons (Fsp3) is 0.0500. The Labute approximate surface area is 154 Å². The van der Waals surface area contributed by atoms with Gasteiger partial charge in [-0.05, 0) is 29.3 Å². The molecule has 1 atom stereocenters. The van der Waals surface area contributed by atoms with E-state index in [-0.39, 0.29) is 11.9 Å². The van der Waals surface area contributed by atoms with E-state index in [1.54, 1.807) is 18.2 Å². The number of rotatable bonds is 4. The Morgan fingerprint density at radius 2 is 1.50 bits per heavy atom. The molecule has 1 N–H and O–H groups in total. The van der Waals surface area contributed by atoms with Crippen molar-refractivity contribution >= 4 is 33.4 Å². The monoisotopic (exact) mass is 399 g/mol. The van der Waals surface area contributed by atoms with Crippen molar-refractivity contribution in [2.45, 2.75) is 6.04 Å². The van der Waals surface area contributed by atoms with E-state index < -0.39 is 0 Å². The van der Waals surface area contributed by atoms with E-state index >= 15 is 0 Å². The Morgan fingerprint density at radius 3 is 2.21 bits per heavy atom. The van der Waals surface area contributed by atoms with E-state index in [2.05, 4.69) is 21.2 Å². The first-order valence-electron chi connectivity index (χ1n) is 7.51. The number of nitrogens with one attached hydrogen (secondary N) is 1. The highest BCUT2D eigenvalue weighted by Crippen LogP contribution is 2.29. The normalized spacial score (nSPS) is 11.8. The minimum absolute atomic E-state index is 0.204. The van der Waals surface area contributed by atoms with Gasteiger partial charge in [-0.25, -0.2) is 0 Å². The van der Waals surface area contributed by atoms with Crippen molar-refractivity contribution in [1.82, 2.24) is 5.32 Å². The zero-order valence-electron chi connectivity index (χ0n) is 12.7. The van der Waals surface area contributed by atoms with Gasteiger partial charge in [0.1, 0.15) is 0 Å². The van der Waals surface area contributed by atoms with Crippen molar-refractivity contribution in [1.29, 1.82) is 0 Å². The molecule has 1 amide bonds. The van der Waals surface area contributed by atoms with Crippen LogP contribution in [0.4, 0.5) is 0 Å². The van der Waals surface area contributed by atoms with Crippen LogP contribution in [0.1, 0.15) is 27.5 Å². The second-order valence-corrected chi connectivity index (χ2v) is 6.58. The van der Waals surface area contributed by atoms with Gasteiger partial charge < -0.3 is 5.32 Å². The number of hydrogen-bond donors (Lipinski definition) is 1. The number of halogens is 2. The second kappa shape index (κ2) is 7.65. The van der Waals surface area contributed by atoms with Crippen LogP contribution in [-0.4, -0.2) is 5.91 Å². The van der Waals surface area contributed by atoms with Gasteiger partial charge in [-0.3, -0.25) is 4.79 Å². The third-order valence-electron chi connectivity index (χ3n) is 3.74. The summed E-state index contributed by atoms with van der Waals surface area (Å²) in [5.74, 6) is -0.204. The van der Waals surface area contributed by atoms with Crippen LogP contribution in [0, 0.1) is 0 Å². The summed E-state index contributed by atoms with van der Waals surface area (Å²) in [6, 6.07) is 24.5. The lowest BCUT2D eigenvalue weighted by molar-refractivity contribution is 0.0943. The van der Waals surface area contributed by atoms with Crippen LogP contribution in [-0.2, 0) is 0 Å². The number of hydrogen-bond acceptors (Lipinski definition) is 1. The van der Waals surface area contributed by atoms with E-state index in [0.29, 0.717) is 10.6 Å². The third kappa shape index (κ3) is 3.69. The Morgan fingerprint density at radius 1 is 0.875 bits per heavy atom. The molecule has 3 aromatic carbocycles. The zero-order valence-corrected chi connectivity index (χ0v) is 15.1. The van der Waals surface area contributed by atoms with Gasteiger partial charge in [0.25, 0.3) is 5.91 Å². The first-order valence-corrected chi connectivity index (χ1v) is 8.68. The van der Waals surface area contributed by atoms with Crippen molar-refractivity contribution in [2.75, 3.05) is 0 Å². The molecule has 0 aromatic heterocycles. The van der Waals surface area contributed by atoms with E-state index in [9.17, 15) is 4.79 Å². The lowest BCUT2D eigenvalue weighted by Crippen LogP contribution is -2.29. The highest BCUT2D eigenvalue weighted by Gasteiger charge is 2.20. The molecule has 0 aliphatic heterocycles. The Hall–Kier alpha value is -2.10. The van der Waals surface area contributed by atoms with Crippen LogP contribution in [0.5, 0.6) is 0 Å². The van der Waals surface area contributed by atoms with E-state index in [4.69, 9.17) is 11.6 Å². The standard InChI is InChI=1S/C20H15BrClNO/c21-17-12-6-4-10-15(17)19(14-8-2-1-3-9-14)23-20(24)16-11-5-7-13-18(16)22/h1-13,19H,(H,23,24)/t19-/m1/s1. The summed E-state index contributed by atoms with van der Waals surface area (Å²) in [7, 11) is 0. The fourth-order valence-electron chi connectivity index (χ4n) is 2.55. The average molecular weight is 401 g/mol. The molecular formula is C20H15BrClNO. The molecule has 0 aliphatic carbocycles. The van der Waals surface area contributed by atoms with Crippen molar-refractivity contribution in [3.63, 3.8) is 0 Å². The van der Waals surface area contributed by atoms with Gasteiger partial charge in [-0.1, -0.05) is 88.2 Å². The van der Waals surface area contributed by atoms with Gasteiger partial charge in [-0.15, -0.1) is 0 Å². The highest BCUT2D eigenvalue weighted by molar-refractivity contribution is 9.10. The quantitative estimate of drug-likeness (QED) is 0.605. The number of carbonyl (C=O) groups is 1. The van der Waals surface area contributed by atoms with Crippen LogP contribution in [0.25, 0.3) is 0 Å². The van der Waals surface area contributed by atoms with E-state index in [0.717, 1.165) is 15.6 Å². The molecule has 0 saturated heterocycles. The Balaban J connectivity index is 1.99. The lowest BCUT2D eigenvalue weighted by atomic mass is 9.98. The first-order chi connectivity index (χ1) is 11.7. The summed E-state index contributed by atoms with van der Waals surface area (Å²) in [5, 5.41) is 3.53. The van der Waals surface area contributed by atoms with Crippen LogP contribution in [0.2, 0.25) is 5.02 Å². The molecule has 3 rings (SSSR count). The molecule has 4 heteroatoms. The molecule has 24 heavy (non-hydrogen) atoms. The SMILES string of the molecule is O=C(N[C@H](c1ccccc1)c1ccccc1Br)c1ccccc1Cl. The van der Waals surface area contributed by atoms with Crippen LogP contribution < -0.4 is 5.32 Å². The van der Waals surface area contributed by atoms with Gasteiger partial charge in [0.2, 0.25) is 0 Å². The third-order valence-corrected chi connectivity index (χ3v) is 4.79. The maximum absolute atomic E-state index is 12.7. The van der Waals surface area contributed by atoms with Gasteiger partial charge in [0.15, 0.2) is 0 Å². The molecule has 0 saturated carbocycles. The largest absolute Gasteiger partial charge is 0.341 e. The van der Waals surface area contributed by atoms with Gasteiger partial charge in [0.05, 0.1) is 16.6 Å². The van der Waals surface area contributed by atoms with E-state index in [1.807, 2.05) is 60.7 Å². The van der Waals surface area contributed by atoms with Crippen LogP contribution in [0.3, 0.4) is 0 Å². The molecule has 3 aromatic rings. The Kier molecular flexibility index (Phi) is 5.34. The minimum atomic E-state index is -0.273. The Bertz CT molecular complexity index is 851.